The molecule has 7 heteroatoms. The number of nitrogens with zero attached hydrogens (tertiary/aromatic N) is 3. The molecule has 2 aromatic heterocycles. The number of nitrogens with one attached hydrogen (secondary N) is 2. The van der Waals surface area contributed by atoms with Crippen LogP contribution in [0.15, 0.2) is 30.5 Å². The number of likely N-dealkylation sites (N-methyl/N-ethyl adjacent to an activating group) is 1. The molecule has 1 amide bonds. The smallest absolute Gasteiger partial charge is 0.237 e. The Morgan fingerprint density at radius 2 is 2.31 bits per heavy atom. The molecule has 0 bridgehead atoms. The Morgan fingerprint density at radius 3 is 3.00 bits per heavy atom. The second-order valence-electron chi connectivity index (χ2n) is 6.44. The molecule has 3 heterocycles. The van der Waals surface area contributed by atoms with E-state index in [-0.39, 0.29) is 18.0 Å². The molecule has 0 spiro atoms. The third-order valence-corrected chi connectivity index (χ3v) is 5.47. The van der Waals surface area contributed by atoms with E-state index in [1.807, 2.05) is 6.92 Å². The van der Waals surface area contributed by atoms with Gasteiger partial charge in [0.1, 0.15) is 11.9 Å². The van der Waals surface area contributed by atoms with Crippen molar-refractivity contribution in [2.24, 2.45) is 0 Å². The fourth-order valence-corrected chi connectivity index (χ4v) is 4.24. The molecule has 1 aliphatic heterocycles. The van der Waals surface area contributed by atoms with Crippen molar-refractivity contribution in [1.29, 1.82) is 5.26 Å². The third-order valence-electron chi connectivity index (χ3n) is 4.48. The van der Waals surface area contributed by atoms with E-state index in [0.29, 0.717) is 24.3 Å². The van der Waals surface area contributed by atoms with E-state index < -0.39 is 0 Å². The van der Waals surface area contributed by atoms with E-state index in [4.69, 9.17) is 0 Å². The van der Waals surface area contributed by atoms with Crippen LogP contribution in [0.5, 0.6) is 0 Å². The largest absolute Gasteiger partial charge is 0.365 e. The van der Waals surface area contributed by atoms with Crippen molar-refractivity contribution >= 4 is 23.1 Å². The van der Waals surface area contributed by atoms with Gasteiger partial charge >= 0.3 is 0 Å². The van der Waals surface area contributed by atoms with E-state index in [1.54, 1.807) is 29.7 Å². The molecule has 3 rings (SSSR count). The van der Waals surface area contributed by atoms with Gasteiger partial charge in [-0.2, -0.15) is 5.26 Å². The maximum Gasteiger partial charge on any atom is 0.237 e. The van der Waals surface area contributed by atoms with Crippen molar-refractivity contribution in [2.45, 2.75) is 38.9 Å². The lowest BCUT2D eigenvalue weighted by atomic mass is 10.1. The fraction of sp³-hybridized carbons (Fsp3) is 0.421. The van der Waals surface area contributed by atoms with Crippen molar-refractivity contribution < 1.29 is 4.79 Å². The minimum Gasteiger partial charge on any atom is -0.365 e. The van der Waals surface area contributed by atoms with Crippen LogP contribution in [0, 0.1) is 18.3 Å². The summed E-state index contributed by atoms with van der Waals surface area (Å²) in [5.41, 5.74) is 0.523. The Labute approximate surface area is 157 Å². The van der Waals surface area contributed by atoms with Crippen LogP contribution < -0.4 is 10.6 Å². The number of carbonyl (C=O) groups excluding carboxylic acids is 1. The lowest BCUT2D eigenvalue weighted by Crippen LogP contribution is -2.42. The second kappa shape index (κ2) is 8.30. The predicted molar refractivity (Wildman–Crippen MR) is 103 cm³/mol. The molecule has 0 unspecified atom stereocenters. The average molecular weight is 369 g/mol. The summed E-state index contributed by atoms with van der Waals surface area (Å²) >= 11 is 1.76. The highest BCUT2D eigenvalue weighted by Gasteiger charge is 2.37. The molecule has 1 fully saturated rings. The number of hydrogen-bond acceptors (Lipinski definition) is 6. The molecule has 0 aliphatic carbocycles. The van der Waals surface area contributed by atoms with Gasteiger partial charge in [0, 0.05) is 41.6 Å². The molecule has 0 aromatic carbocycles. The lowest BCUT2D eigenvalue weighted by molar-refractivity contribution is -0.125. The van der Waals surface area contributed by atoms with Gasteiger partial charge in [-0.25, -0.2) is 4.98 Å². The van der Waals surface area contributed by atoms with Crippen LogP contribution >= 0.6 is 11.3 Å². The number of pyridine rings is 1. The van der Waals surface area contributed by atoms with E-state index in [0.717, 1.165) is 13.1 Å². The first-order valence-electron chi connectivity index (χ1n) is 8.79. The Balaban J connectivity index is 1.74. The summed E-state index contributed by atoms with van der Waals surface area (Å²) < 4.78 is 0. The van der Waals surface area contributed by atoms with E-state index in [2.05, 4.69) is 45.6 Å². The molecule has 136 valence electrons. The van der Waals surface area contributed by atoms with Gasteiger partial charge < -0.3 is 10.6 Å². The van der Waals surface area contributed by atoms with Crippen LogP contribution in [-0.2, 0) is 11.3 Å². The maximum atomic E-state index is 12.5. The van der Waals surface area contributed by atoms with Crippen molar-refractivity contribution in [3.05, 3.63) is 45.8 Å². The number of carbonyl (C=O) groups is 1. The summed E-state index contributed by atoms with van der Waals surface area (Å²) in [5, 5.41) is 15.5. The zero-order valence-electron chi connectivity index (χ0n) is 15.0. The van der Waals surface area contributed by atoms with Crippen LogP contribution in [0.2, 0.25) is 0 Å². The van der Waals surface area contributed by atoms with Gasteiger partial charge in [-0.1, -0.05) is 0 Å². The summed E-state index contributed by atoms with van der Waals surface area (Å²) in [6, 6.07) is 9.80. The molecule has 2 aromatic rings. The predicted octanol–water partition coefficient (Wildman–Crippen LogP) is 2.51. The molecule has 1 saturated heterocycles. The normalized spacial score (nSPS) is 19.9. The average Bonchev–Trinajstić information content (AvgIpc) is 3.22. The van der Waals surface area contributed by atoms with Gasteiger partial charge in [-0.05, 0) is 44.5 Å². The zero-order valence-corrected chi connectivity index (χ0v) is 15.8. The summed E-state index contributed by atoms with van der Waals surface area (Å²) in [6.07, 6.45) is 2.36. The van der Waals surface area contributed by atoms with Crippen LogP contribution in [0.4, 0.5) is 5.82 Å². The number of hydrogen-bond donors (Lipinski definition) is 2. The van der Waals surface area contributed by atoms with Gasteiger partial charge in [0.25, 0.3) is 0 Å². The van der Waals surface area contributed by atoms with Crippen molar-refractivity contribution in [3.63, 3.8) is 0 Å². The van der Waals surface area contributed by atoms with E-state index in [9.17, 15) is 10.1 Å². The molecule has 1 aliphatic rings. The SMILES string of the molecule is CCNC(=O)[C@@H]1C[C@H](Nc2ncccc2C#N)CN1Cc1ccc(C)s1. The van der Waals surface area contributed by atoms with E-state index in [1.165, 1.54) is 9.75 Å². The molecule has 0 radical (unpaired) electrons. The third kappa shape index (κ3) is 4.21. The highest BCUT2D eigenvalue weighted by Crippen LogP contribution is 2.26. The molecular weight excluding hydrogens is 346 g/mol. The fourth-order valence-electron chi connectivity index (χ4n) is 3.32. The molecule has 26 heavy (non-hydrogen) atoms. The number of thiophene rings is 1. The van der Waals surface area contributed by atoms with Crippen LogP contribution in [0.1, 0.15) is 28.7 Å². The molecule has 0 saturated carbocycles. The van der Waals surface area contributed by atoms with Crippen molar-refractivity contribution in [2.75, 3.05) is 18.4 Å². The Hall–Kier alpha value is -2.43. The van der Waals surface area contributed by atoms with E-state index >= 15 is 0 Å². The second-order valence-corrected chi connectivity index (χ2v) is 7.81. The number of anilines is 1. The number of aryl methyl sites for hydroxylation is 1. The van der Waals surface area contributed by atoms with Crippen LogP contribution in [-0.4, -0.2) is 41.0 Å². The Morgan fingerprint density at radius 1 is 1.46 bits per heavy atom. The number of amides is 1. The van der Waals surface area contributed by atoms with Gasteiger partial charge in [0.15, 0.2) is 0 Å². The van der Waals surface area contributed by atoms with Gasteiger partial charge in [-0.3, -0.25) is 9.69 Å². The monoisotopic (exact) mass is 369 g/mol. The minimum atomic E-state index is -0.177. The summed E-state index contributed by atoms with van der Waals surface area (Å²) in [7, 11) is 0. The highest BCUT2D eigenvalue weighted by molar-refractivity contribution is 7.11. The number of rotatable bonds is 6. The van der Waals surface area contributed by atoms with Gasteiger partial charge in [0.2, 0.25) is 5.91 Å². The van der Waals surface area contributed by atoms with Crippen molar-refractivity contribution in [1.82, 2.24) is 15.2 Å². The first-order valence-corrected chi connectivity index (χ1v) is 9.61. The van der Waals surface area contributed by atoms with Gasteiger partial charge in [-0.15, -0.1) is 11.3 Å². The topological polar surface area (TPSA) is 81.0 Å². The Bertz CT molecular complexity index is 812. The quantitative estimate of drug-likeness (QED) is 0.818. The lowest BCUT2D eigenvalue weighted by Gasteiger charge is -2.22. The first-order chi connectivity index (χ1) is 12.6. The molecule has 6 nitrogen and oxygen atoms in total. The molecular formula is C19H23N5OS. The molecule has 2 atom stereocenters. The number of likely N-dealkylation sites (tertiary alicyclic amines) is 1. The maximum absolute atomic E-state index is 12.5. The van der Waals surface area contributed by atoms with Gasteiger partial charge in [0.05, 0.1) is 11.6 Å². The summed E-state index contributed by atoms with van der Waals surface area (Å²) in [5.74, 6) is 0.648. The summed E-state index contributed by atoms with van der Waals surface area (Å²) in [6.45, 7) is 6.14. The van der Waals surface area contributed by atoms with Crippen molar-refractivity contribution in [3.8, 4) is 6.07 Å². The first kappa shape index (κ1) is 18.4. The number of nitriles is 1. The zero-order chi connectivity index (χ0) is 18.5. The minimum absolute atomic E-state index is 0.0617. The molecule has 2 N–H and O–H groups in total. The number of aromatic nitrogens is 1. The summed E-state index contributed by atoms with van der Waals surface area (Å²) in [4.78, 5) is 21.6. The van der Waals surface area contributed by atoms with Crippen LogP contribution in [0.25, 0.3) is 0 Å². The highest BCUT2D eigenvalue weighted by atomic mass is 32.1. The van der Waals surface area contributed by atoms with Crippen LogP contribution in [0.3, 0.4) is 0 Å². The Kier molecular flexibility index (Phi) is 5.86. The standard InChI is InChI=1S/C19H23N5OS/c1-3-21-19(25)17-9-15(23-18-14(10-20)5-4-8-22-18)11-24(17)12-16-7-6-13(2)26-16/h4-8,15,17H,3,9,11-12H2,1-2H3,(H,21,25)(H,22,23)/t15-,17-/m0/s1.